The third kappa shape index (κ3) is 3.34. The number of carbonyl (C=O) groups excluding carboxylic acids is 1. The first kappa shape index (κ1) is 16.4. The number of nitrogens with one attached hydrogen (secondary N) is 1. The summed E-state index contributed by atoms with van der Waals surface area (Å²) in [5.41, 5.74) is 3.78. The fourth-order valence-corrected chi connectivity index (χ4v) is 4.32. The number of H-pyrrole nitrogens is 1. The quantitative estimate of drug-likeness (QED) is 0.928. The molecule has 25 heavy (non-hydrogen) atoms. The summed E-state index contributed by atoms with van der Waals surface area (Å²) in [5, 5.41) is 7.65. The van der Waals surface area contributed by atoms with Gasteiger partial charge in [0.15, 0.2) is 0 Å². The molecule has 1 atom stereocenters. The van der Waals surface area contributed by atoms with E-state index in [0.29, 0.717) is 12.3 Å². The Hall–Kier alpha value is -2.11. The molecule has 1 amide bonds. The van der Waals surface area contributed by atoms with E-state index in [9.17, 15) is 4.79 Å². The molecule has 6 nitrogen and oxygen atoms in total. The van der Waals surface area contributed by atoms with Crippen LogP contribution in [-0.4, -0.2) is 43.6 Å². The number of amides is 1. The van der Waals surface area contributed by atoms with Crippen molar-refractivity contribution < 1.29 is 4.79 Å². The highest BCUT2D eigenvalue weighted by atomic mass is 16.2. The van der Waals surface area contributed by atoms with Crippen molar-refractivity contribution in [2.75, 3.05) is 13.1 Å². The number of likely N-dealkylation sites (tertiary alicyclic amines) is 1. The molecule has 2 aliphatic rings. The van der Waals surface area contributed by atoms with Gasteiger partial charge in [0, 0.05) is 57.0 Å². The van der Waals surface area contributed by atoms with E-state index in [1.807, 2.05) is 24.3 Å². The monoisotopic (exact) mass is 341 g/mol. The van der Waals surface area contributed by atoms with E-state index in [1.165, 1.54) is 24.1 Å². The minimum atomic E-state index is 0.256. The normalized spacial score (nSPS) is 20.5. The summed E-state index contributed by atoms with van der Waals surface area (Å²) in [6.07, 6.45) is 12.0. The van der Waals surface area contributed by atoms with E-state index in [4.69, 9.17) is 0 Å². The van der Waals surface area contributed by atoms with Crippen molar-refractivity contribution in [1.82, 2.24) is 24.6 Å². The van der Waals surface area contributed by atoms with Gasteiger partial charge in [0.25, 0.3) is 0 Å². The van der Waals surface area contributed by atoms with Gasteiger partial charge < -0.3 is 9.47 Å². The van der Waals surface area contributed by atoms with Crippen LogP contribution >= 0.6 is 0 Å². The van der Waals surface area contributed by atoms with Crippen molar-refractivity contribution in [3.63, 3.8) is 0 Å². The van der Waals surface area contributed by atoms with Crippen molar-refractivity contribution in [1.29, 1.82) is 0 Å². The van der Waals surface area contributed by atoms with Crippen LogP contribution in [0, 0.1) is 0 Å². The summed E-state index contributed by atoms with van der Waals surface area (Å²) >= 11 is 0. The lowest BCUT2D eigenvalue weighted by Crippen LogP contribution is -2.39. The number of nitrogens with zero attached hydrogens (tertiary/aromatic N) is 4. The van der Waals surface area contributed by atoms with Gasteiger partial charge in [-0.3, -0.25) is 9.89 Å². The second-order valence-corrected chi connectivity index (χ2v) is 7.41. The Bertz CT molecular complexity index is 747. The molecule has 1 N–H and O–H groups in total. The van der Waals surface area contributed by atoms with Crippen LogP contribution in [0.5, 0.6) is 0 Å². The van der Waals surface area contributed by atoms with Crippen LogP contribution in [-0.2, 0) is 31.1 Å². The highest BCUT2D eigenvalue weighted by Crippen LogP contribution is 2.27. The Labute approximate surface area is 148 Å². The Morgan fingerprint density at radius 3 is 3.04 bits per heavy atom. The van der Waals surface area contributed by atoms with Crippen LogP contribution < -0.4 is 0 Å². The molecule has 1 aliphatic heterocycles. The molecule has 0 saturated carbocycles. The van der Waals surface area contributed by atoms with Crippen molar-refractivity contribution in [2.24, 2.45) is 7.05 Å². The van der Waals surface area contributed by atoms with Gasteiger partial charge in [-0.15, -0.1) is 0 Å². The molecule has 3 heterocycles. The van der Waals surface area contributed by atoms with E-state index < -0.39 is 0 Å². The maximum atomic E-state index is 12.7. The predicted molar refractivity (Wildman–Crippen MR) is 95.3 cm³/mol. The predicted octanol–water partition coefficient (Wildman–Crippen LogP) is 2.36. The smallest absolute Gasteiger partial charge is 0.222 e. The average Bonchev–Trinajstić information content (AvgIpc) is 3.26. The molecule has 2 aromatic heterocycles. The van der Waals surface area contributed by atoms with Crippen molar-refractivity contribution >= 4 is 5.91 Å². The van der Waals surface area contributed by atoms with Crippen LogP contribution in [0.2, 0.25) is 0 Å². The van der Waals surface area contributed by atoms with Crippen LogP contribution in [0.1, 0.15) is 60.8 Å². The Morgan fingerprint density at radius 2 is 2.20 bits per heavy atom. The topological polar surface area (TPSA) is 66.8 Å². The largest absolute Gasteiger partial charge is 0.342 e. The van der Waals surface area contributed by atoms with Crippen LogP contribution in [0.25, 0.3) is 0 Å². The number of fused-ring (bicyclic) bond motifs is 1. The number of piperidine rings is 1. The van der Waals surface area contributed by atoms with E-state index >= 15 is 0 Å². The number of hydrogen-bond acceptors (Lipinski definition) is 3. The second-order valence-electron chi connectivity index (χ2n) is 7.41. The third-order valence-corrected chi connectivity index (χ3v) is 5.72. The molecule has 6 heteroatoms. The van der Waals surface area contributed by atoms with Gasteiger partial charge in [0.2, 0.25) is 5.91 Å². The van der Waals surface area contributed by atoms with E-state index in [1.54, 1.807) is 0 Å². The Balaban J connectivity index is 1.36. The van der Waals surface area contributed by atoms with Gasteiger partial charge >= 0.3 is 0 Å². The highest BCUT2D eigenvalue weighted by Gasteiger charge is 2.27. The number of aromatic nitrogens is 4. The van der Waals surface area contributed by atoms with E-state index in [-0.39, 0.29) is 5.91 Å². The standard InChI is InChI=1S/C19H27N5O/c1-23-12-10-20-19(23)14-5-4-11-24(13-14)18(25)9-8-17-15-6-2-3-7-16(15)21-22-17/h10,12,14H,2-9,11,13H2,1H3,(H,21,22). The first-order valence-electron chi connectivity index (χ1n) is 9.52. The van der Waals surface area contributed by atoms with Crippen molar-refractivity contribution in [2.45, 2.75) is 57.3 Å². The molecule has 1 saturated heterocycles. The van der Waals surface area contributed by atoms with Gasteiger partial charge in [-0.1, -0.05) is 0 Å². The Kier molecular flexibility index (Phi) is 4.59. The van der Waals surface area contributed by atoms with E-state index in [0.717, 1.165) is 56.7 Å². The molecule has 2 aromatic rings. The van der Waals surface area contributed by atoms with E-state index in [2.05, 4.69) is 19.7 Å². The lowest BCUT2D eigenvalue weighted by molar-refractivity contribution is -0.132. The van der Waals surface area contributed by atoms with Crippen LogP contribution in [0.4, 0.5) is 0 Å². The van der Waals surface area contributed by atoms with Gasteiger partial charge in [-0.05, 0) is 44.1 Å². The Morgan fingerprint density at radius 1 is 1.32 bits per heavy atom. The van der Waals surface area contributed by atoms with Gasteiger partial charge in [0.1, 0.15) is 5.82 Å². The summed E-state index contributed by atoms with van der Waals surface area (Å²) in [6, 6.07) is 0. The van der Waals surface area contributed by atoms with Crippen LogP contribution in [0.15, 0.2) is 12.4 Å². The minimum Gasteiger partial charge on any atom is -0.342 e. The number of hydrogen-bond donors (Lipinski definition) is 1. The number of carbonyl (C=O) groups is 1. The van der Waals surface area contributed by atoms with Crippen molar-refractivity contribution in [3.8, 4) is 0 Å². The van der Waals surface area contributed by atoms with Gasteiger partial charge in [0.05, 0.1) is 5.69 Å². The first-order valence-corrected chi connectivity index (χ1v) is 9.52. The number of aromatic amines is 1. The summed E-state index contributed by atoms with van der Waals surface area (Å²) in [5.74, 6) is 1.71. The average molecular weight is 341 g/mol. The molecular weight excluding hydrogens is 314 g/mol. The fourth-order valence-electron chi connectivity index (χ4n) is 4.32. The van der Waals surface area contributed by atoms with Gasteiger partial charge in [-0.2, -0.15) is 5.10 Å². The summed E-state index contributed by atoms with van der Waals surface area (Å²) in [4.78, 5) is 19.2. The molecule has 0 radical (unpaired) electrons. The highest BCUT2D eigenvalue weighted by molar-refractivity contribution is 5.76. The zero-order valence-corrected chi connectivity index (χ0v) is 15.0. The zero-order valence-electron chi connectivity index (χ0n) is 15.0. The molecule has 134 valence electrons. The SMILES string of the molecule is Cn1ccnc1C1CCCN(C(=O)CCc2n[nH]c3c2CCCC3)C1. The molecule has 0 spiro atoms. The number of rotatable bonds is 4. The zero-order chi connectivity index (χ0) is 17.2. The molecule has 1 unspecified atom stereocenters. The lowest BCUT2D eigenvalue weighted by Gasteiger charge is -2.32. The molecule has 1 fully saturated rings. The lowest BCUT2D eigenvalue weighted by atomic mass is 9.94. The molecule has 0 aromatic carbocycles. The summed E-state index contributed by atoms with van der Waals surface area (Å²) in [7, 11) is 2.03. The molecule has 0 bridgehead atoms. The summed E-state index contributed by atoms with van der Waals surface area (Å²) < 4.78 is 2.08. The first-order chi connectivity index (χ1) is 12.2. The molecule has 4 rings (SSSR count). The maximum Gasteiger partial charge on any atom is 0.222 e. The number of aryl methyl sites for hydroxylation is 3. The van der Waals surface area contributed by atoms with Crippen LogP contribution in [0.3, 0.4) is 0 Å². The van der Waals surface area contributed by atoms with Crippen molar-refractivity contribution in [3.05, 3.63) is 35.2 Å². The molecule has 1 aliphatic carbocycles. The third-order valence-electron chi connectivity index (χ3n) is 5.72. The molecular formula is C19H27N5O. The van der Waals surface area contributed by atoms with Gasteiger partial charge in [-0.25, -0.2) is 4.98 Å². The number of imidazole rings is 1. The maximum absolute atomic E-state index is 12.7. The minimum absolute atomic E-state index is 0.256. The second kappa shape index (κ2) is 7.02. The fraction of sp³-hybridized carbons (Fsp3) is 0.632. The summed E-state index contributed by atoms with van der Waals surface area (Å²) in [6.45, 7) is 1.67.